The molecule has 0 aromatic carbocycles. The maximum absolute atomic E-state index is 8.94. The largest absolute Gasteiger partial charge is 0.296 e. The molecule has 2 heteroatoms. The lowest BCUT2D eigenvalue weighted by atomic mass is 9.78. The standard InChI is InChI=1S/C12H24N2/c1-7-11(8-13)14-12(6,9(2)3)10(4)5/h9-11,14H,7H2,1-6H3. The van der Waals surface area contributed by atoms with E-state index in [1.54, 1.807) is 0 Å². The number of nitriles is 1. The van der Waals surface area contributed by atoms with Crippen LogP contribution in [0.2, 0.25) is 0 Å². The molecule has 0 heterocycles. The highest BCUT2D eigenvalue weighted by atomic mass is 15.0. The van der Waals surface area contributed by atoms with Gasteiger partial charge in [0.05, 0.1) is 12.1 Å². The van der Waals surface area contributed by atoms with Crippen LogP contribution in [0.5, 0.6) is 0 Å². The molecule has 0 aromatic heterocycles. The SMILES string of the molecule is CCC(C#N)NC(C)(C(C)C)C(C)C. The van der Waals surface area contributed by atoms with Crippen LogP contribution in [0, 0.1) is 23.2 Å². The van der Waals surface area contributed by atoms with Gasteiger partial charge in [-0.05, 0) is 25.2 Å². The van der Waals surface area contributed by atoms with Crippen LogP contribution in [-0.2, 0) is 0 Å². The highest BCUT2D eigenvalue weighted by Crippen LogP contribution is 2.26. The van der Waals surface area contributed by atoms with Gasteiger partial charge in [0.1, 0.15) is 0 Å². The number of nitrogens with one attached hydrogen (secondary N) is 1. The maximum Gasteiger partial charge on any atom is 0.0954 e. The fourth-order valence-electron chi connectivity index (χ4n) is 1.60. The average molecular weight is 196 g/mol. The molecule has 0 spiro atoms. The molecular weight excluding hydrogens is 172 g/mol. The Balaban J connectivity index is 4.62. The highest BCUT2D eigenvalue weighted by molar-refractivity contribution is 4.98. The van der Waals surface area contributed by atoms with E-state index in [1.807, 2.05) is 6.92 Å². The highest BCUT2D eigenvalue weighted by Gasteiger charge is 2.33. The Bertz CT molecular complexity index is 193. The zero-order valence-electron chi connectivity index (χ0n) is 10.4. The molecular formula is C12H24N2. The Labute approximate surface area is 88.7 Å². The zero-order valence-corrected chi connectivity index (χ0v) is 10.4. The van der Waals surface area contributed by atoms with E-state index in [9.17, 15) is 0 Å². The molecule has 0 rings (SSSR count). The van der Waals surface area contributed by atoms with Gasteiger partial charge in [-0.15, -0.1) is 0 Å². The molecule has 0 saturated heterocycles. The van der Waals surface area contributed by atoms with Crippen LogP contribution in [0.25, 0.3) is 0 Å². The molecule has 0 aliphatic heterocycles. The van der Waals surface area contributed by atoms with Crippen molar-refractivity contribution < 1.29 is 0 Å². The lowest BCUT2D eigenvalue weighted by Gasteiger charge is -2.40. The second-order valence-corrected chi connectivity index (χ2v) is 4.83. The van der Waals surface area contributed by atoms with Crippen molar-refractivity contribution in [2.24, 2.45) is 11.8 Å². The van der Waals surface area contributed by atoms with E-state index in [1.165, 1.54) is 0 Å². The first kappa shape index (κ1) is 13.4. The Kier molecular flexibility index (Phi) is 5.15. The Morgan fingerprint density at radius 3 is 1.86 bits per heavy atom. The summed E-state index contributed by atoms with van der Waals surface area (Å²) < 4.78 is 0. The van der Waals surface area contributed by atoms with E-state index in [2.05, 4.69) is 46.0 Å². The van der Waals surface area contributed by atoms with Crippen molar-refractivity contribution in [1.82, 2.24) is 5.32 Å². The van der Waals surface area contributed by atoms with Crippen molar-refractivity contribution in [3.8, 4) is 6.07 Å². The Morgan fingerprint density at radius 1 is 1.21 bits per heavy atom. The lowest BCUT2D eigenvalue weighted by molar-refractivity contribution is 0.175. The van der Waals surface area contributed by atoms with Crippen LogP contribution >= 0.6 is 0 Å². The predicted molar refractivity (Wildman–Crippen MR) is 60.9 cm³/mol. The molecule has 0 amide bonds. The van der Waals surface area contributed by atoms with Crippen LogP contribution in [0.1, 0.15) is 48.0 Å². The minimum absolute atomic E-state index is 0.0233. The summed E-state index contributed by atoms with van der Waals surface area (Å²) in [5, 5.41) is 12.4. The first-order chi connectivity index (χ1) is 6.38. The van der Waals surface area contributed by atoms with Gasteiger partial charge in [-0.25, -0.2) is 0 Å². The Hall–Kier alpha value is -0.550. The van der Waals surface area contributed by atoms with Gasteiger partial charge in [0.25, 0.3) is 0 Å². The summed E-state index contributed by atoms with van der Waals surface area (Å²) in [6, 6.07) is 2.28. The minimum atomic E-state index is -0.0233. The van der Waals surface area contributed by atoms with Gasteiger partial charge in [-0.3, -0.25) is 5.32 Å². The third kappa shape index (κ3) is 2.99. The van der Waals surface area contributed by atoms with E-state index >= 15 is 0 Å². The molecule has 1 unspecified atom stereocenters. The molecule has 0 fully saturated rings. The molecule has 1 N–H and O–H groups in total. The molecule has 0 bridgehead atoms. The number of nitrogens with zero attached hydrogens (tertiary/aromatic N) is 1. The summed E-state index contributed by atoms with van der Waals surface area (Å²) in [6.45, 7) is 13.1. The average Bonchev–Trinajstić information content (AvgIpc) is 2.13. The normalized spacial score (nSPS) is 14.5. The van der Waals surface area contributed by atoms with E-state index in [0.717, 1.165) is 6.42 Å². The first-order valence-electron chi connectivity index (χ1n) is 5.55. The summed E-state index contributed by atoms with van der Waals surface area (Å²) in [5.74, 6) is 1.06. The van der Waals surface area contributed by atoms with Gasteiger partial charge in [0, 0.05) is 5.54 Å². The molecule has 0 radical (unpaired) electrons. The van der Waals surface area contributed by atoms with E-state index in [0.29, 0.717) is 11.8 Å². The minimum Gasteiger partial charge on any atom is -0.296 e. The molecule has 2 nitrogen and oxygen atoms in total. The smallest absolute Gasteiger partial charge is 0.0954 e. The first-order valence-corrected chi connectivity index (χ1v) is 5.55. The van der Waals surface area contributed by atoms with Crippen molar-refractivity contribution >= 4 is 0 Å². The van der Waals surface area contributed by atoms with Crippen molar-refractivity contribution in [2.45, 2.75) is 59.5 Å². The second-order valence-electron chi connectivity index (χ2n) is 4.83. The van der Waals surface area contributed by atoms with Crippen LogP contribution in [0.15, 0.2) is 0 Å². The fourth-order valence-corrected chi connectivity index (χ4v) is 1.60. The predicted octanol–water partition coefficient (Wildman–Crippen LogP) is 2.95. The summed E-state index contributed by atoms with van der Waals surface area (Å²) in [4.78, 5) is 0. The summed E-state index contributed by atoms with van der Waals surface area (Å²) in [6.07, 6.45) is 0.867. The van der Waals surface area contributed by atoms with Crippen LogP contribution < -0.4 is 5.32 Å². The molecule has 0 aliphatic rings. The fraction of sp³-hybridized carbons (Fsp3) is 0.917. The number of rotatable bonds is 5. The number of hydrogen-bond donors (Lipinski definition) is 1. The van der Waals surface area contributed by atoms with Crippen molar-refractivity contribution in [3.63, 3.8) is 0 Å². The molecule has 1 atom stereocenters. The monoisotopic (exact) mass is 196 g/mol. The molecule has 0 aromatic rings. The third-order valence-corrected chi connectivity index (χ3v) is 3.45. The van der Waals surface area contributed by atoms with Gasteiger partial charge in [0.2, 0.25) is 0 Å². The van der Waals surface area contributed by atoms with Gasteiger partial charge >= 0.3 is 0 Å². The van der Waals surface area contributed by atoms with Crippen molar-refractivity contribution in [1.29, 1.82) is 5.26 Å². The second kappa shape index (κ2) is 5.36. The molecule has 82 valence electrons. The maximum atomic E-state index is 8.94. The van der Waals surface area contributed by atoms with Crippen molar-refractivity contribution in [3.05, 3.63) is 0 Å². The third-order valence-electron chi connectivity index (χ3n) is 3.45. The molecule has 0 saturated carbocycles. The van der Waals surface area contributed by atoms with Gasteiger partial charge in [0.15, 0.2) is 0 Å². The quantitative estimate of drug-likeness (QED) is 0.734. The topological polar surface area (TPSA) is 35.8 Å². The van der Waals surface area contributed by atoms with E-state index < -0.39 is 0 Å². The van der Waals surface area contributed by atoms with Crippen LogP contribution in [0.3, 0.4) is 0 Å². The summed E-state index contributed by atoms with van der Waals surface area (Å²) in [5.41, 5.74) is 0.0520. The number of hydrogen-bond acceptors (Lipinski definition) is 2. The summed E-state index contributed by atoms with van der Waals surface area (Å²) in [7, 11) is 0. The van der Waals surface area contributed by atoms with E-state index in [-0.39, 0.29) is 11.6 Å². The van der Waals surface area contributed by atoms with Gasteiger partial charge in [-0.2, -0.15) is 5.26 Å². The van der Waals surface area contributed by atoms with Crippen LogP contribution in [-0.4, -0.2) is 11.6 Å². The van der Waals surface area contributed by atoms with Crippen LogP contribution in [0.4, 0.5) is 0 Å². The lowest BCUT2D eigenvalue weighted by Crippen LogP contribution is -2.54. The van der Waals surface area contributed by atoms with E-state index in [4.69, 9.17) is 5.26 Å². The molecule has 14 heavy (non-hydrogen) atoms. The molecule has 0 aliphatic carbocycles. The van der Waals surface area contributed by atoms with Gasteiger partial charge in [-0.1, -0.05) is 34.6 Å². The Morgan fingerprint density at radius 2 is 1.64 bits per heavy atom. The summed E-state index contributed by atoms with van der Waals surface area (Å²) >= 11 is 0. The zero-order chi connectivity index (χ0) is 11.4. The van der Waals surface area contributed by atoms with Crippen molar-refractivity contribution in [2.75, 3.05) is 0 Å². The van der Waals surface area contributed by atoms with Gasteiger partial charge < -0.3 is 0 Å².